The molecule has 3 aliphatic heterocycles. The summed E-state index contributed by atoms with van der Waals surface area (Å²) < 4.78 is 26.7. The number of halogens is 3. The molecule has 268 valence electrons. The Kier molecular flexibility index (Phi) is 9.55. The van der Waals surface area contributed by atoms with Gasteiger partial charge in [0.15, 0.2) is 17.3 Å². The van der Waals surface area contributed by atoms with Gasteiger partial charge in [-0.1, -0.05) is 29.3 Å². The Balaban J connectivity index is 0.991. The van der Waals surface area contributed by atoms with Gasteiger partial charge in [-0.25, -0.2) is 14.4 Å². The summed E-state index contributed by atoms with van der Waals surface area (Å²) in [5.41, 5.74) is 1.08. The minimum absolute atomic E-state index is 0.0117. The summed E-state index contributed by atoms with van der Waals surface area (Å²) in [4.78, 5) is 75.0. The molecule has 4 aromatic rings. The van der Waals surface area contributed by atoms with Crippen molar-refractivity contribution in [1.82, 2.24) is 25.1 Å². The van der Waals surface area contributed by atoms with Crippen LogP contribution in [0.25, 0.3) is 10.9 Å². The fourth-order valence-electron chi connectivity index (χ4n) is 6.51. The standard InChI is InChI=1S/C35H30Cl2FN7O7/c1-51-25-14-23-19(32(41-16-40-23)42-22-6-5-20(36)30(37)31(22)38)13-26(25)52-17-9-11-44(12-10-17)28(47)15-39-21-4-2-3-18-29(21)35(50)45(34(18)49)24-7-8-27(46)43-33(24)48/h2-6,13-14,16-17,24,39H,7-12,15H2,1H3,(H,40,41,42)(H,43,46,48). The number of benzene rings is 3. The Hall–Kier alpha value is -5.54. The van der Waals surface area contributed by atoms with Crippen LogP contribution >= 0.6 is 23.2 Å². The zero-order valence-electron chi connectivity index (χ0n) is 27.5. The third-order valence-corrected chi connectivity index (χ3v) is 9.98. The highest BCUT2D eigenvalue weighted by Gasteiger charge is 2.45. The lowest BCUT2D eigenvalue weighted by atomic mass is 10.0. The van der Waals surface area contributed by atoms with Gasteiger partial charge in [0.2, 0.25) is 17.7 Å². The SMILES string of the molecule is COc1cc2ncnc(Nc3ccc(Cl)c(Cl)c3F)c2cc1OC1CCN(C(=O)CNc2cccc3c2C(=O)N(C2CCC(=O)NC2=O)C3=O)CC1. The number of carbonyl (C=O) groups is 5. The van der Waals surface area contributed by atoms with Gasteiger partial charge in [0.05, 0.1) is 46.0 Å². The first-order valence-electron chi connectivity index (χ1n) is 16.3. The first-order chi connectivity index (χ1) is 25.0. The molecule has 0 radical (unpaired) electrons. The summed E-state index contributed by atoms with van der Waals surface area (Å²) in [6.07, 6.45) is 2.13. The maximum absolute atomic E-state index is 14.8. The number of nitrogens with one attached hydrogen (secondary N) is 3. The molecule has 7 rings (SSSR count). The van der Waals surface area contributed by atoms with Crippen LogP contribution in [0.15, 0.2) is 48.8 Å². The van der Waals surface area contributed by atoms with Crippen molar-refractivity contribution in [2.24, 2.45) is 0 Å². The third kappa shape index (κ3) is 6.52. The number of imide groups is 2. The van der Waals surface area contributed by atoms with Gasteiger partial charge in [-0.15, -0.1) is 0 Å². The van der Waals surface area contributed by atoms with E-state index in [4.69, 9.17) is 32.7 Å². The summed E-state index contributed by atoms with van der Waals surface area (Å²) in [6, 6.07) is 9.90. The van der Waals surface area contributed by atoms with Crippen molar-refractivity contribution in [3.63, 3.8) is 0 Å². The number of hydrogen-bond acceptors (Lipinski definition) is 11. The number of anilines is 3. The van der Waals surface area contributed by atoms with Gasteiger partial charge in [0.25, 0.3) is 11.8 Å². The molecule has 1 unspecified atom stereocenters. The predicted molar refractivity (Wildman–Crippen MR) is 188 cm³/mol. The summed E-state index contributed by atoms with van der Waals surface area (Å²) in [5.74, 6) is -2.25. The third-order valence-electron chi connectivity index (χ3n) is 9.20. The molecule has 0 bridgehead atoms. The van der Waals surface area contributed by atoms with Crippen LogP contribution < -0.4 is 25.4 Å². The molecule has 2 fully saturated rings. The van der Waals surface area contributed by atoms with E-state index in [0.29, 0.717) is 59.8 Å². The van der Waals surface area contributed by atoms with Gasteiger partial charge in [-0.2, -0.15) is 0 Å². The second-order valence-corrected chi connectivity index (χ2v) is 13.1. The highest BCUT2D eigenvalue weighted by molar-refractivity contribution is 6.42. The summed E-state index contributed by atoms with van der Waals surface area (Å²) in [7, 11) is 1.51. The van der Waals surface area contributed by atoms with Gasteiger partial charge < -0.3 is 25.0 Å². The maximum Gasteiger partial charge on any atom is 0.264 e. The molecule has 52 heavy (non-hydrogen) atoms. The van der Waals surface area contributed by atoms with Crippen LogP contribution in [-0.2, 0) is 14.4 Å². The fourth-order valence-corrected chi connectivity index (χ4v) is 6.82. The van der Waals surface area contributed by atoms with E-state index >= 15 is 0 Å². The number of methoxy groups -OCH3 is 1. The highest BCUT2D eigenvalue weighted by Crippen LogP contribution is 2.38. The van der Waals surface area contributed by atoms with Crippen molar-refractivity contribution >= 4 is 80.8 Å². The minimum Gasteiger partial charge on any atom is -0.493 e. The summed E-state index contributed by atoms with van der Waals surface area (Å²) in [6.45, 7) is 0.637. The molecule has 4 heterocycles. The number of amides is 5. The van der Waals surface area contributed by atoms with Crippen LogP contribution in [-0.4, -0.2) is 88.2 Å². The molecule has 0 saturated carbocycles. The molecule has 3 aliphatic rings. The van der Waals surface area contributed by atoms with Crippen LogP contribution in [0.3, 0.4) is 0 Å². The van der Waals surface area contributed by atoms with Crippen LogP contribution in [0.4, 0.5) is 21.6 Å². The molecule has 14 nitrogen and oxygen atoms in total. The molecule has 3 aromatic carbocycles. The van der Waals surface area contributed by atoms with Crippen molar-refractivity contribution in [3.05, 3.63) is 75.8 Å². The Morgan fingerprint density at radius 3 is 2.54 bits per heavy atom. The lowest BCUT2D eigenvalue weighted by Gasteiger charge is -2.32. The molecule has 17 heteroatoms. The second-order valence-electron chi connectivity index (χ2n) is 12.3. The number of fused-ring (bicyclic) bond motifs is 2. The van der Waals surface area contributed by atoms with Crippen LogP contribution in [0, 0.1) is 5.82 Å². The van der Waals surface area contributed by atoms with Gasteiger partial charge in [0.1, 0.15) is 24.3 Å². The largest absolute Gasteiger partial charge is 0.493 e. The average molecular weight is 751 g/mol. The smallest absolute Gasteiger partial charge is 0.264 e. The first kappa shape index (κ1) is 34.9. The summed E-state index contributed by atoms with van der Waals surface area (Å²) >= 11 is 11.9. The molecule has 2 saturated heterocycles. The van der Waals surface area contributed by atoms with Crippen LogP contribution in [0.5, 0.6) is 11.5 Å². The first-order valence-corrected chi connectivity index (χ1v) is 17.1. The number of carbonyl (C=O) groups excluding carboxylic acids is 5. The number of nitrogens with zero attached hydrogens (tertiary/aromatic N) is 4. The molecule has 1 aromatic heterocycles. The van der Waals surface area contributed by atoms with Gasteiger partial charge in [-0.3, -0.25) is 34.2 Å². The number of hydrogen-bond donors (Lipinski definition) is 3. The average Bonchev–Trinajstić information content (AvgIpc) is 3.40. The van der Waals surface area contributed by atoms with E-state index in [2.05, 4.69) is 25.9 Å². The minimum atomic E-state index is -1.09. The van der Waals surface area contributed by atoms with Gasteiger partial charge >= 0.3 is 0 Å². The quantitative estimate of drug-likeness (QED) is 0.160. The zero-order valence-corrected chi connectivity index (χ0v) is 29.0. The molecule has 1 atom stereocenters. The molecule has 5 amide bonds. The highest BCUT2D eigenvalue weighted by atomic mass is 35.5. The van der Waals surface area contributed by atoms with E-state index in [-0.39, 0.29) is 58.3 Å². The Morgan fingerprint density at radius 1 is 1.00 bits per heavy atom. The van der Waals surface area contributed by atoms with Gasteiger partial charge in [0, 0.05) is 49.5 Å². The lowest BCUT2D eigenvalue weighted by Crippen LogP contribution is -2.54. The van der Waals surface area contributed by atoms with E-state index in [1.54, 1.807) is 29.2 Å². The number of rotatable bonds is 9. The molecule has 0 aliphatic carbocycles. The van der Waals surface area contributed by atoms with Crippen molar-refractivity contribution in [2.45, 2.75) is 37.8 Å². The number of aromatic nitrogens is 2. The van der Waals surface area contributed by atoms with Crippen molar-refractivity contribution in [1.29, 1.82) is 0 Å². The summed E-state index contributed by atoms with van der Waals surface area (Å²) in [5, 5.41) is 8.53. The zero-order chi connectivity index (χ0) is 36.7. The van der Waals surface area contributed by atoms with Crippen molar-refractivity contribution < 1.29 is 37.8 Å². The monoisotopic (exact) mass is 749 g/mol. The maximum atomic E-state index is 14.8. The van der Waals surface area contributed by atoms with E-state index < -0.39 is 35.5 Å². The van der Waals surface area contributed by atoms with E-state index in [9.17, 15) is 28.4 Å². The van der Waals surface area contributed by atoms with Gasteiger partial charge in [-0.05, 0) is 36.8 Å². The fraction of sp³-hybridized carbons (Fsp3) is 0.286. The Morgan fingerprint density at radius 2 is 1.79 bits per heavy atom. The number of likely N-dealkylation sites (tertiary alicyclic amines) is 1. The van der Waals surface area contributed by atoms with Crippen molar-refractivity contribution in [2.75, 3.05) is 37.4 Å². The van der Waals surface area contributed by atoms with Crippen molar-refractivity contribution in [3.8, 4) is 11.5 Å². The van der Waals surface area contributed by atoms with Crippen LogP contribution in [0.2, 0.25) is 10.0 Å². The molecule has 3 N–H and O–H groups in total. The lowest BCUT2D eigenvalue weighted by molar-refractivity contribution is -0.136. The molecular formula is C35H30Cl2FN7O7. The van der Waals surface area contributed by atoms with E-state index in [1.165, 1.54) is 31.6 Å². The Labute approximate surface area is 305 Å². The predicted octanol–water partition coefficient (Wildman–Crippen LogP) is 4.71. The second kappa shape index (κ2) is 14.2. The normalized spacial score (nSPS) is 17.7. The van der Waals surface area contributed by atoms with E-state index in [0.717, 1.165) is 4.90 Å². The number of ether oxygens (including phenoxy) is 2. The van der Waals surface area contributed by atoms with Crippen LogP contribution in [0.1, 0.15) is 46.4 Å². The molecular weight excluding hydrogens is 720 g/mol. The molecule has 0 spiro atoms. The topological polar surface area (TPSA) is 172 Å². The number of piperidine rings is 2. The Bertz CT molecular complexity index is 2160. The van der Waals surface area contributed by atoms with E-state index in [1.807, 2.05) is 0 Å².